The van der Waals surface area contributed by atoms with Gasteiger partial charge >= 0.3 is 0 Å². The number of carbonyl (C=O) groups is 1. The Morgan fingerprint density at radius 2 is 2.04 bits per heavy atom. The Kier molecular flexibility index (Phi) is 8.92. The Hall–Kier alpha value is -1.25. The van der Waals surface area contributed by atoms with E-state index in [1.54, 1.807) is 19.2 Å². The molecule has 1 N–H and O–H groups in total. The molecular formula is C19H29ClFN3O3. The van der Waals surface area contributed by atoms with E-state index in [0.29, 0.717) is 30.4 Å². The number of ether oxygens (including phenoxy) is 2. The van der Waals surface area contributed by atoms with Crippen LogP contribution in [0.1, 0.15) is 22.3 Å². The van der Waals surface area contributed by atoms with Gasteiger partial charge in [-0.1, -0.05) is 0 Å². The molecule has 1 unspecified atom stereocenters. The highest BCUT2D eigenvalue weighted by molar-refractivity contribution is 5.94. The van der Waals surface area contributed by atoms with E-state index in [9.17, 15) is 9.18 Å². The number of carbonyl (C=O) groups excluding carboxylic acids is 1. The van der Waals surface area contributed by atoms with Gasteiger partial charge in [-0.15, -0.1) is 12.4 Å². The van der Waals surface area contributed by atoms with E-state index >= 15 is 0 Å². The summed E-state index contributed by atoms with van der Waals surface area (Å²) in [7, 11) is 1.59. The van der Waals surface area contributed by atoms with Crippen LogP contribution in [0.5, 0.6) is 0 Å². The molecule has 2 heterocycles. The van der Waals surface area contributed by atoms with Crippen molar-refractivity contribution in [1.82, 2.24) is 15.1 Å². The third kappa shape index (κ3) is 5.86. The molecule has 1 atom stereocenters. The van der Waals surface area contributed by atoms with Gasteiger partial charge in [0.15, 0.2) is 0 Å². The summed E-state index contributed by atoms with van der Waals surface area (Å²) in [5.41, 5.74) is 0.933. The molecule has 2 aliphatic rings. The van der Waals surface area contributed by atoms with Crippen molar-refractivity contribution >= 4 is 18.3 Å². The Balaban J connectivity index is 0.00000261. The predicted molar refractivity (Wildman–Crippen MR) is 104 cm³/mol. The second kappa shape index (κ2) is 10.9. The van der Waals surface area contributed by atoms with Gasteiger partial charge in [-0.05, 0) is 24.6 Å². The average Bonchev–Trinajstić information content (AvgIpc) is 3.17. The molecule has 0 saturated carbocycles. The minimum Gasteiger partial charge on any atom is -0.382 e. The summed E-state index contributed by atoms with van der Waals surface area (Å²) in [6, 6.07) is 4.96. The number of nitrogens with one attached hydrogen (secondary N) is 1. The highest BCUT2D eigenvalue weighted by Crippen LogP contribution is 2.20. The van der Waals surface area contributed by atoms with Gasteiger partial charge in [-0.25, -0.2) is 4.39 Å². The molecule has 0 radical (unpaired) electrons. The van der Waals surface area contributed by atoms with Crippen molar-refractivity contribution in [1.29, 1.82) is 0 Å². The van der Waals surface area contributed by atoms with Gasteiger partial charge in [-0.3, -0.25) is 9.69 Å². The quantitative estimate of drug-likeness (QED) is 0.702. The Labute approximate surface area is 166 Å². The molecule has 0 spiro atoms. The molecule has 152 valence electrons. The minimum absolute atomic E-state index is 0. The van der Waals surface area contributed by atoms with Crippen molar-refractivity contribution in [2.24, 2.45) is 0 Å². The van der Waals surface area contributed by atoms with Crippen LogP contribution >= 0.6 is 12.4 Å². The maximum atomic E-state index is 14.0. The molecule has 6 nitrogen and oxygen atoms in total. The summed E-state index contributed by atoms with van der Waals surface area (Å²) in [5, 5.41) is 3.36. The van der Waals surface area contributed by atoms with Crippen LogP contribution in [-0.4, -0.2) is 81.3 Å². The number of halogens is 2. The van der Waals surface area contributed by atoms with Gasteiger partial charge in [0.25, 0.3) is 5.91 Å². The summed E-state index contributed by atoms with van der Waals surface area (Å²) >= 11 is 0. The fourth-order valence-electron chi connectivity index (χ4n) is 3.60. The van der Waals surface area contributed by atoms with Crippen LogP contribution < -0.4 is 5.32 Å². The normalized spacial score (nSPS) is 20.5. The zero-order valence-corrected chi connectivity index (χ0v) is 16.6. The first-order valence-electron chi connectivity index (χ1n) is 9.28. The summed E-state index contributed by atoms with van der Waals surface area (Å²) in [6.45, 7) is 6.58. The summed E-state index contributed by atoms with van der Waals surface area (Å²) in [4.78, 5) is 17.2. The first kappa shape index (κ1) is 22.0. The van der Waals surface area contributed by atoms with Gasteiger partial charge in [0.05, 0.1) is 19.8 Å². The van der Waals surface area contributed by atoms with E-state index < -0.39 is 0 Å². The highest BCUT2D eigenvalue weighted by Gasteiger charge is 2.31. The average molecular weight is 402 g/mol. The lowest BCUT2D eigenvalue weighted by molar-refractivity contribution is 0.0603. The zero-order chi connectivity index (χ0) is 18.4. The summed E-state index contributed by atoms with van der Waals surface area (Å²) < 4.78 is 24.3. The number of methoxy groups -OCH3 is 1. The molecular weight excluding hydrogens is 373 g/mol. The maximum Gasteiger partial charge on any atom is 0.253 e. The number of benzene rings is 1. The highest BCUT2D eigenvalue weighted by atomic mass is 35.5. The van der Waals surface area contributed by atoms with E-state index in [2.05, 4.69) is 10.2 Å². The number of piperazine rings is 1. The third-order valence-electron chi connectivity index (χ3n) is 5.10. The first-order valence-corrected chi connectivity index (χ1v) is 9.28. The van der Waals surface area contributed by atoms with Crippen LogP contribution in [0.4, 0.5) is 4.39 Å². The Bertz CT molecular complexity index is 614. The number of amides is 1. The number of hydrogen-bond donors (Lipinski definition) is 1. The lowest BCUT2D eigenvalue weighted by Crippen LogP contribution is -2.49. The van der Waals surface area contributed by atoms with Crippen molar-refractivity contribution in [2.45, 2.75) is 19.1 Å². The van der Waals surface area contributed by atoms with Crippen LogP contribution in [0, 0.1) is 5.82 Å². The van der Waals surface area contributed by atoms with Crippen molar-refractivity contribution < 1.29 is 18.7 Å². The van der Waals surface area contributed by atoms with Gasteiger partial charge in [0, 0.05) is 63.5 Å². The lowest BCUT2D eigenvalue weighted by Gasteiger charge is -2.32. The largest absolute Gasteiger partial charge is 0.382 e. The molecule has 3 rings (SSSR count). The summed E-state index contributed by atoms with van der Waals surface area (Å²) in [6.07, 6.45) is 1.000. The molecule has 8 heteroatoms. The van der Waals surface area contributed by atoms with Crippen molar-refractivity contribution in [3.8, 4) is 0 Å². The zero-order valence-electron chi connectivity index (χ0n) is 15.8. The van der Waals surface area contributed by atoms with E-state index in [-0.39, 0.29) is 30.7 Å². The summed E-state index contributed by atoms with van der Waals surface area (Å²) in [5.74, 6) is -0.375. The van der Waals surface area contributed by atoms with Gasteiger partial charge < -0.3 is 19.7 Å². The number of rotatable bonds is 7. The third-order valence-corrected chi connectivity index (χ3v) is 5.10. The number of hydrogen-bond acceptors (Lipinski definition) is 5. The lowest BCUT2D eigenvalue weighted by atomic mass is 10.1. The molecule has 0 aromatic heterocycles. The SMILES string of the molecule is COCCOCc1cc(C(=O)N2CCC(N3CCNCC3)C2)ccc1F.Cl. The Morgan fingerprint density at radius 1 is 1.26 bits per heavy atom. The molecule has 0 bridgehead atoms. The smallest absolute Gasteiger partial charge is 0.253 e. The van der Waals surface area contributed by atoms with Gasteiger partial charge in [-0.2, -0.15) is 0 Å². The van der Waals surface area contributed by atoms with Crippen LogP contribution in [0.15, 0.2) is 18.2 Å². The first-order chi connectivity index (χ1) is 12.7. The molecule has 2 saturated heterocycles. The predicted octanol–water partition coefficient (Wildman–Crippen LogP) is 1.53. The number of likely N-dealkylation sites (tertiary alicyclic amines) is 1. The van der Waals surface area contributed by atoms with Gasteiger partial charge in [0.2, 0.25) is 0 Å². The Morgan fingerprint density at radius 3 is 2.78 bits per heavy atom. The van der Waals surface area contributed by atoms with Crippen LogP contribution in [0.2, 0.25) is 0 Å². The maximum absolute atomic E-state index is 14.0. The van der Waals surface area contributed by atoms with E-state index in [1.807, 2.05) is 4.90 Å². The van der Waals surface area contributed by atoms with Crippen LogP contribution in [0.25, 0.3) is 0 Å². The molecule has 1 amide bonds. The molecule has 0 aliphatic carbocycles. The monoisotopic (exact) mass is 401 g/mol. The second-order valence-corrected chi connectivity index (χ2v) is 6.83. The fourth-order valence-corrected chi connectivity index (χ4v) is 3.60. The topological polar surface area (TPSA) is 54.0 Å². The van der Waals surface area contributed by atoms with Crippen molar-refractivity contribution in [3.63, 3.8) is 0 Å². The van der Waals surface area contributed by atoms with Crippen molar-refractivity contribution in [2.75, 3.05) is 59.6 Å². The molecule has 1 aromatic carbocycles. The van der Waals surface area contributed by atoms with E-state index in [0.717, 1.165) is 45.7 Å². The molecule has 1 aromatic rings. The van der Waals surface area contributed by atoms with Crippen LogP contribution in [0.3, 0.4) is 0 Å². The standard InChI is InChI=1S/C19H28FN3O3.ClH/c1-25-10-11-26-14-16-12-15(2-3-18(16)20)19(24)23-7-4-17(13-23)22-8-5-21-6-9-22;/h2-3,12,17,21H,4-11,13-14H2,1H3;1H. The van der Waals surface area contributed by atoms with Crippen LogP contribution in [-0.2, 0) is 16.1 Å². The van der Waals surface area contributed by atoms with E-state index in [4.69, 9.17) is 9.47 Å². The molecule has 27 heavy (non-hydrogen) atoms. The fraction of sp³-hybridized carbons (Fsp3) is 0.632. The molecule has 2 fully saturated rings. The number of nitrogens with zero attached hydrogens (tertiary/aromatic N) is 2. The van der Waals surface area contributed by atoms with E-state index in [1.165, 1.54) is 6.07 Å². The minimum atomic E-state index is -0.348. The molecule has 2 aliphatic heterocycles. The van der Waals surface area contributed by atoms with Gasteiger partial charge in [0.1, 0.15) is 5.82 Å². The van der Waals surface area contributed by atoms with Crippen molar-refractivity contribution in [3.05, 3.63) is 35.1 Å². The second-order valence-electron chi connectivity index (χ2n) is 6.83.